The van der Waals surface area contributed by atoms with E-state index in [0.29, 0.717) is 21.3 Å². The van der Waals surface area contributed by atoms with Crippen LogP contribution in [-0.4, -0.2) is 49.7 Å². The molecule has 9 nitrogen and oxygen atoms in total. The van der Waals surface area contributed by atoms with Gasteiger partial charge in [0.05, 0.1) is 28.7 Å². The SMILES string of the molecule is C/C(=N/Nc1ccc(S(=O)(=O)N2CCOCC2)cc1[N+](=O)[O-])c1cc(Cl)ccc1Cl. The monoisotopic (exact) mass is 472 g/mol. The van der Waals surface area contributed by atoms with Crippen molar-refractivity contribution in [1.82, 2.24) is 4.31 Å². The largest absolute Gasteiger partial charge is 0.379 e. The van der Waals surface area contributed by atoms with Crippen molar-refractivity contribution in [3.05, 3.63) is 62.1 Å². The summed E-state index contributed by atoms with van der Waals surface area (Å²) in [7, 11) is -3.87. The molecule has 0 saturated carbocycles. The summed E-state index contributed by atoms with van der Waals surface area (Å²) >= 11 is 12.1. The van der Waals surface area contributed by atoms with Gasteiger partial charge < -0.3 is 4.74 Å². The van der Waals surface area contributed by atoms with Crippen LogP contribution in [-0.2, 0) is 14.8 Å². The van der Waals surface area contributed by atoms with Gasteiger partial charge in [0.2, 0.25) is 10.0 Å². The predicted octanol–water partition coefficient (Wildman–Crippen LogP) is 3.76. The molecule has 3 rings (SSSR count). The molecule has 30 heavy (non-hydrogen) atoms. The molecular formula is C18H18Cl2N4O5S. The molecule has 0 aromatic heterocycles. The number of hydrogen-bond acceptors (Lipinski definition) is 7. The van der Waals surface area contributed by atoms with Crippen molar-refractivity contribution in [2.75, 3.05) is 31.7 Å². The number of nitrogens with zero attached hydrogens (tertiary/aromatic N) is 3. The zero-order valence-corrected chi connectivity index (χ0v) is 18.2. The predicted molar refractivity (Wildman–Crippen MR) is 115 cm³/mol. The fourth-order valence-electron chi connectivity index (χ4n) is 2.83. The van der Waals surface area contributed by atoms with Gasteiger partial charge >= 0.3 is 0 Å². The highest BCUT2D eigenvalue weighted by Gasteiger charge is 2.28. The van der Waals surface area contributed by atoms with Crippen molar-refractivity contribution in [3.63, 3.8) is 0 Å². The van der Waals surface area contributed by atoms with Crippen LogP contribution in [0.3, 0.4) is 0 Å². The number of nitrogens with one attached hydrogen (secondary N) is 1. The van der Waals surface area contributed by atoms with Crippen LogP contribution in [0.4, 0.5) is 11.4 Å². The lowest BCUT2D eigenvalue weighted by Gasteiger charge is -2.26. The second-order valence-corrected chi connectivity index (χ2v) is 9.17. The van der Waals surface area contributed by atoms with Crippen LogP contribution < -0.4 is 5.43 Å². The van der Waals surface area contributed by atoms with Gasteiger partial charge in [-0.05, 0) is 37.3 Å². The smallest absolute Gasteiger partial charge is 0.295 e. The average molecular weight is 473 g/mol. The summed E-state index contributed by atoms with van der Waals surface area (Å²) in [6.07, 6.45) is 0. The average Bonchev–Trinajstić information content (AvgIpc) is 2.74. The summed E-state index contributed by atoms with van der Waals surface area (Å²) in [5.74, 6) is 0. The highest BCUT2D eigenvalue weighted by molar-refractivity contribution is 7.89. The van der Waals surface area contributed by atoms with Gasteiger partial charge in [-0.2, -0.15) is 9.41 Å². The van der Waals surface area contributed by atoms with E-state index >= 15 is 0 Å². The first-order valence-electron chi connectivity index (χ1n) is 8.82. The Morgan fingerprint density at radius 3 is 2.57 bits per heavy atom. The summed E-state index contributed by atoms with van der Waals surface area (Å²) in [6.45, 7) is 2.61. The fraction of sp³-hybridized carbons (Fsp3) is 0.278. The van der Waals surface area contributed by atoms with Crippen molar-refractivity contribution in [3.8, 4) is 0 Å². The Morgan fingerprint density at radius 1 is 1.20 bits per heavy atom. The summed E-state index contributed by atoms with van der Waals surface area (Å²) < 4.78 is 31.9. The number of sulfonamides is 1. The number of nitro groups is 1. The molecule has 1 saturated heterocycles. The number of anilines is 1. The third-order valence-electron chi connectivity index (χ3n) is 4.44. The van der Waals surface area contributed by atoms with Crippen LogP contribution in [0.5, 0.6) is 0 Å². The lowest BCUT2D eigenvalue weighted by molar-refractivity contribution is -0.384. The van der Waals surface area contributed by atoms with E-state index in [9.17, 15) is 18.5 Å². The van der Waals surface area contributed by atoms with Gasteiger partial charge in [-0.25, -0.2) is 8.42 Å². The molecule has 12 heteroatoms. The Bertz CT molecular complexity index is 1100. The van der Waals surface area contributed by atoms with E-state index in [4.69, 9.17) is 27.9 Å². The van der Waals surface area contributed by atoms with Gasteiger partial charge in [-0.3, -0.25) is 15.5 Å². The first-order chi connectivity index (χ1) is 14.2. The van der Waals surface area contributed by atoms with E-state index < -0.39 is 20.6 Å². The zero-order valence-electron chi connectivity index (χ0n) is 15.8. The molecule has 0 atom stereocenters. The van der Waals surface area contributed by atoms with Crippen LogP contribution in [0.25, 0.3) is 0 Å². The number of ether oxygens (including phenoxy) is 1. The molecule has 1 heterocycles. The minimum absolute atomic E-state index is 0.0402. The molecule has 1 aliphatic rings. The number of nitro benzene ring substituents is 1. The first-order valence-corrected chi connectivity index (χ1v) is 11.0. The van der Waals surface area contributed by atoms with Crippen molar-refractivity contribution in [1.29, 1.82) is 0 Å². The highest BCUT2D eigenvalue weighted by Crippen LogP contribution is 2.30. The quantitative estimate of drug-likeness (QED) is 0.388. The second-order valence-electron chi connectivity index (χ2n) is 6.39. The van der Waals surface area contributed by atoms with E-state index in [1.807, 2.05) is 0 Å². The third kappa shape index (κ3) is 4.90. The van der Waals surface area contributed by atoms with Crippen molar-refractivity contribution in [2.24, 2.45) is 5.10 Å². The van der Waals surface area contributed by atoms with E-state index in [2.05, 4.69) is 10.5 Å². The van der Waals surface area contributed by atoms with Gasteiger partial charge in [0.1, 0.15) is 5.69 Å². The Labute approximate surface area is 183 Å². The van der Waals surface area contributed by atoms with E-state index in [0.717, 1.165) is 6.07 Å². The van der Waals surface area contributed by atoms with E-state index in [1.54, 1.807) is 25.1 Å². The topological polar surface area (TPSA) is 114 Å². The molecule has 0 radical (unpaired) electrons. The number of benzene rings is 2. The summed E-state index contributed by atoms with van der Waals surface area (Å²) in [6, 6.07) is 8.50. The molecule has 2 aromatic rings. The van der Waals surface area contributed by atoms with Crippen molar-refractivity contribution >= 4 is 50.3 Å². The maximum atomic E-state index is 12.8. The molecule has 160 valence electrons. The van der Waals surface area contributed by atoms with Gasteiger partial charge in [-0.1, -0.05) is 23.2 Å². The number of morpholine rings is 1. The summed E-state index contributed by atoms with van der Waals surface area (Å²) in [4.78, 5) is 10.7. The summed E-state index contributed by atoms with van der Waals surface area (Å²) in [5, 5.41) is 16.6. The molecular weight excluding hydrogens is 455 g/mol. The van der Waals surface area contributed by atoms with E-state index in [1.165, 1.54) is 16.4 Å². The number of hydrazone groups is 1. The Morgan fingerprint density at radius 2 is 1.90 bits per heavy atom. The first kappa shape index (κ1) is 22.4. The molecule has 0 unspecified atom stereocenters. The maximum absolute atomic E-state index is 12.8. The van der Waals surface area contributed by atoms with Crippen LogP contribution in [0, 0.1) is 10.1 Å². The fourth-order valence-corrected chi connectivity index (χ4v) is 4.69. The Balaban J connectivity index is 1.90. The van der Waals surface area contributed by atoms with Gasteiger partial charge in [0.15, 0.2) is 0 Å². The maximum Gasteiger partial charge on any atom is 0.295 e. The third-order valence-corrected chi connectivity index (χ3v) is 6.90. The van der Waals surface area contributed by atoms with Crippen LogP contribution in [0.2, 0.25) is 10.0 Å². The van der Waals surface area contributed by atoms with Crippen molar-refractivity contribution in [2.45, 2.75) is 11.8 Å². The minimum Gasteiger partial charge on any atom is -0.379 e. The van der Waals surface area contributed by atoms with Crippen LogP contribution in [0.1, 0.15) is 12.5 Å². The molecule has 1 aliphatic heterocycles. The lowest BCUT2D eigenvalue weighted by Crippen LogP contribution is -2.40. The Hall–Kier alpha value is -2.24. The standard InChI is InChI=1S/C18H18Cl2N4O5S/c1-12(15-10-13(19)2-4-16(15)20)21-22-17-5-3-14(11-18(17)24(25)26)30(27,28)23-6-8-29-9-7-23/h2-5,10-11,22H,6-9H2,1H3/b21-12-. The number of rotatable bonds is 6. The minimum atomic E-state index is -3.87. The molecule has 1 N–H and O–H groups in total. The van der Waals surface area contributed by atoms with E-state index in [-0.39, 0.29) is 36.9 Å². The van der Waals surface area contributed by atoms with Crippen LogP contribution >= 0.6 is 23.2 Å². The Kier molecular flexibility index (Phi) is 6.94. The van der Waals surface area contributed by atoms with Gasteiger partial charge in [0, 0.05) is 34.8 Å². The molecule has 1 fully saturated rings. The molecule has 0 spiro atoms. The zero-order chi connectivity index (χ0) is 21.9. The molecule has 0 aliphatic carbocycles. The molecule has 2 aromatic carbocycles. The normalized spacial score (nSPS) is 15.8. The molecule has 0 amide bonds. The molecule has 0 bridgehead atoms. The number of halogens is 2. The second kappa shape index (κ2) is 9.27. The van der Waals surface area contributed by atoms with Gasteiger partial charge in [0.25, 0.3) is 5.69 Å². The van der Waals surface area contributed by atoms with Crippen molar-refractivity contribution < 1.29 is 18.1 Å². The number of hydrogen-bond donors (Lipinski definition) is 1. The summed E-state index contributed by atoms with van der Waals surface area (Å²) in [5.41, 5.74) is 3.24. The van der Waals surface area contributed by atoms with Gasteiger partial charge in [-0.15, -0.1) is 0 Å². The van der Waals surface area contributed by atoms with Crippen LogP contribution in [0.15, 0.2) is 46.4 Å². The highest BCUT2D eigenvalue weighted by atomic mass is 35.5. The lowest BCUT2D eigenvalue weighted by atomic mass is 10.1.